The van der Waals surface area contributed by atoms with Gasteiger partial charge in [-0.05, 0) is 22.6 Å². The summed E-state index contributed by atoms with van der Waals surface area (Å²) in [5.74, 6) is -2.35. The summed E-state index contributed by atoms with van der Waals surface area (Å²) < 4.78 is 61.0. The zero-order valence-electron chi connectivity index (χ0n) is 7.49. The lowest BCUT2D eigenvalue weighted by Crippen LogP contribution is -2.18. The van der Waals surface area contributed by atoms with Crippen molar-refractivity contribution >= 4 is 42.3 Å². The van der Waals surface area contributed by atoms with Crippen molar-refractivity contribution in [1.29, 1.82) is 0 Å². The van der Waals surface area contributed by atoms with Crippen LogP contribution in [0, 0.1) is 3.57 Å². The minimum absolute atomic E-state index is 0.221. The van der Waals surface area contributed by atoms with Crippen LogP contribution in [0.25, 0.3) is 0 Å². The summed E-state index contributed by atoms with van der Waals surface area (Å²) in [5.41, 5.74) is 0. The zero-order chi connectivity index (χ0) is 13.4. The highest BCUT2D eigenvalue weighted by atomic mass is 127. The van der Waals surface area contributed by atoms with E-state index in [0.717, 1.165) is 6.20 Å². The molecule has 5 nitrogen and oxygen atoms in total. The molecule has 0 aliphatic carbocycles. The fourth-order valence-electron chi connectivity index (χ4n) is 0.837. The third-order valence-electron chi connectivity index (χ3n) is 1.38. The first-order valence-electron chi connectivity index (χ1n) is 3.60. The van der Waals surface area contributed by atoms with Crippen LogP contribution < -0.4 is 4.74 Å². The van der Waals surface area contributed by atoms with E-state index in [1.807, 2.05) is 0 Å². The molecule has 96 valence electrons. The van der Waals surface area contributed by atoms with Gasteiger partial charge in [0.2, 0.25) is 5.03 Å². The van der Waals surface area contributed by atoms with Gasteiger partial charge < -0.3 is 9.84 Å². The Hall–Kier alpha value is -0.490. The van der Waals surface area contributed by atoms with Crippen molar-refractivity contribution in [3.05, 3.63) is 9.77 Å². The van der Waals surface area contributed by atoms with E-state index in [2.05, 4.69) is 9.72 Å². The first kappa shape index (κ1) is 14.6. The molecule has 0 spiro atoms. The Bertz CT molecular complexity index is 547. The highest BCUT2D eigenvalue weighted by Gasteiger charge is 2.35. The van der Waals surface area contributed by atoms with Gasteiger partial charge in [-0.25, -0.2) is 13.4 Å². The molecule has 1 aromatic heterocycles. The summed E-state index contributed by atoms with van der Waals surface area (Å²) in [4.78, 5) is 3.21. The van der Waals surface area contributed by atoms with Crippen LogP contribution in [0.15, 0.2) is 11.2 Å². The number of aromatic nitrogens is 1. The Morgan fingerprint density at radius 1 is 1.47 bits per heavy atom. The first-order chi connectivity index (χ1) is 7.52. The summed E-state index contributed by atoms with van der Waals surface area (Å²) >= 11 is 1.39. The fraction of sp³-hybridized carbons (Fsp3) is 0.167. The van der Waals surface area contributed by atoms with E-state index in [9.17, 15) is 26.7 Å². The minimum Gasteiger partial charge on any atom is -0.502 e. The SMILES string of the molecule is O=S(=O)(Cl)c1ncc(I)c(OC(F)(F)F)c1O. The Kier molecular flexibility index (Phi) is 3.98. The predicted octanol–water partition coefficient (Wildman–Crippen LogP) is 2.22. The Balaban J connectivity index is 3.41. The topological polar surface area (TPSA) is 76.5 Å². The van der Waals surface area contributed by atoms with Crippen LogP contribution in [0.1, 0.15) is 0 Å². The lowest BCUT2D eigenvalue weighted by atomic mass is 10.4. The van der Waals surface area contributed by atoms with E-state index in [0.29, 0.717) is 0 Å². The molecule has 0 fully saturated rings. The van der Waals surface area contributed by atoms with E-state index in [1.54, 1.807) is 0 Å². The highest BCUT2D eigenvalue weighted by Crippen LogP contribution is 2.39. The molecule has 0 atom stereocenters. The van der Waals surface area contributed by atoms with E-state index in [1.165, 1.54) is 22.6 Å². The van der Waals surface area contributed by atoms with Gasteiger partial charge in [-0.3, -0.25) is 0 Å². The quantitative estimate of drug-likeness (QED) is 0.605. The maximum absolute atomic E-state index is 12.0. The molecule has 1 rings (SSSR count). The molecular weight excluding hydrogens is 401 g/mol. The molecule has 0 aliphatic rings. The van der Waals surface area contributed by atoms with Gasteiger partial charge in [0.05, 0.1) is 3.57 Å². The van der Waals surface area contributed by atoms with Crippen molar-refractivity contribution < 1.29 is 31.4 Å². The summed E-state index contributed by atoms with van der Waals surface area (Å²) in [7, 11) is 0.402. The van der Waals surface area contributed by atoms with Gasteiger partial charge in [-0.15, -0.1) is 13.2 Å². The lowest BCUT2D eigenvalue weighted by Gasteiger charge is -2.12. The second kappa shape index (κ2) is 4.65. The summed E-state index contributed by atoms with van der Waals surface area (Å²) in [6.45, 7) is 0. The standard InChI is InChI=1S/C6H2ClF3INO4S/c7-17(14,15)5-3(13)4(2(11)1-12-5)16-6(8,9)10/h1,13H. The molecule has 0 saturated carbocycles. The zero-order valence-corrected chi connectivity index (χ0v) is 11.2. The van der Waals surface area contributed by atoms with Crippen molar-refractivity contribution in [2.45, 2.75) is 11.4 Å². The maximum atomic E-state index is 12.0. The summed E-state index contributed by atoms with van der Waals surface area (Å²) in [6.07, 6.45) is -4.30. The largest absolute Gasteiger partial charge is 0.573 e. The van der Waals surface area contributed by atoms with Crippen LogP contribution in [-0.4, -0.2) is 24.9 Å². The predicted molar refractivity (Wildman–Crippen MR) is 58.3 cm³/mol. The summed E-state index contributed by atoms with van der Waals surface area (Å²) in [6, 6.07) is 0. The van der Waals surface area contributed by atoms with E-state index in [4.69, 9.17) is 10.7 Å². The monoisotopic (exact) mass is 403 g/mol. The number of ether oxygens (including phenoxy) is 1. The van der Waals surface area contributed by atoms with E-state index < -0.39 is 31.9 Å². The smallest absolute Gasteiger partial charge is 0.502 e. The molecule has 1 heterocycles. The molecule has 0 aromatic carbocycles. The van der Waals surface area contributed by atoms with E-state index in [-0.39, 0.29) is 3.57 Å². The summed E-state index contributed by atoms with van der Waals surface area (Å²) in [5, 5.41) is 8.21. The normalized spacial score (nSPS) is 12.5. The van der Waals surface area contributed by atoms with Crippen LogP contribution in [0.4, 0.5) is 13.2 Å². The number of halogens is 5. The third-order valence-corrected chi connectivity index (χ3v) is 3.35. The number of nitrogens with zero attached hydrogens (tertiary/aromatic N) is 1. The first-order valence-corrected chi connectivity index (χ1v) is 6.99. The Labute approximate surface area is 111 Å². The third kappa shape index (κ3) is 3.74. The molecule has 0 bridgehead atoms. The molecule has 0 aliphatic heterocycles. The number of hydrogen-bond donors (Lipinski definition) is 1. The number of aromatic hydroxyl groups is 1. The van der Waals surface area contributed by atoms with Crippen LogP contribution in [0.2, 0.25) is 0 Å². The Morgan fingerprint density at radius 2 is 2.00 bits per heavy atom. The van der Waals surface area contributed by atoms with Gasteiger partial charge in [0.25, 0.3) is 9.05 Å². The average Bonchev–Trinajstić information content (AvgIpc) is 2.08. The van der Waals surface area contributed by atoms with Gasteiger partial charge in [0.15, 0.2) is 11.5 Å². The number of pyridine rings is 1. The van der Waals surface area contributed by atoms with Crippen molar-refractivity contribution in [2.75, 3.05) is 0 Å². The van der Waals surface area contributed by atoms with Gasteiger partial charge >= 0.3 is 6.36 Å². The molecule has 0 radical (unpaired) electrons. The van der Waals surface area contributed by atoms with Crippen molar-refractivity contribution in [3.63, 3.8) is 0 Å². The van der Waals surface area contributed by atoms with E-state index >= 15 is 0 Å². The average molecular weight is 404 g/mol. The molecule has 0 saturated heterocycles. The van der Waals surface area contributed by atoms with Crippen LogP contribution in [0.3, 0.4) is 0 Å². The van der Waals surface area contributed by atoms with Gasteiger partial charge in [-0.1, -0.05) is 0 Å². The molecule has 0 unspecified atom stereocenters. The molecule has 11 heteroatoms. The molecule has 17 heavy (non-hydrogen) atoms. The Morgan fingerprint density at radius 3 is 2.41 bits per heavy atom. The van der Waals surface area contributed by atoms with Crippen molar-refractivity contribution in [1.82, 2.24) is 4.98 Å². The molecule has 1 N–H and O–H groups in total. The van der Waals surface area contributed by atoms with Gasteiger partial charge in [-0.2, -0.15) is 0 Å². The van der Waals surface area contributed by atoms with Crippen molar-refractivity contribution in [3.8, 4) is 11.5 Å². The lowest BCUT2D eigenvalue weighted by molar-refractivity contribution is -0.275. The van der Waals surface area contributed by atoms with Crippen LogP contribution in [0.5, 0.6) is 11.5 Å². The molecule has 0 amide bonds. The number of rotatable bonds is 2. The molecular formula is C6H2ClF3INO4S. The van der Waals surface area contributed by atoms with Crippen molar-refractivity contribution in [2.24, 2.45) is 0 Å². The number of hydrogen-bond acceptors (Lipinski definition) is 5. The fourth-order valence-corrected chi connectivity index (χ4v) is 2.18. The van der Waals surface area contributed by atoms with Crippen LogP contribution >= 0.6 is 33.3 Å². The maximum Gasteiger partial charge on any atom is 0.573 e. The minimum atomic E-state index is -5.08. The number of alkyl halides is 3. The highest BCUT2D eigenvalue weighted by molar-refractivity contribution is 14.1. The van der Waals surface area contributed by atoms with Gasteiger partial charge in [0.1, 0.15) is 0 Å². The second-order valence-electron chi connectivity index (χ2n) is 2.57. The second-order valence-corrected chi connectivity index (χ2v) is 6.22. The van der Waals surface area contributed by atoms with Crippen LogP contribution in [-0.2, 0) is 9.05 Å². The van der Waals surface area contributed by atoms with Gasteiger partial charge in [0, 0.05) is 16.9 Å². The molecule has 1 aromatic rings.